The summed E-state index contributed by atoms with van der Waals surface area (Å²) in [5.74, 6) is 2.62. The molecule has 0 spiro atoms. The number of nitrogen functional groups attached to an aromatic ring is 1. The number of sulfonamides is 1. The Morgan fingerprint density at radius 2 is 1.33 bits per heavy atom. The number of benzene rings is 2. The van der Waals surface area contributed by atoms with Crippen LogP contribution in [0.1, 0.15) is 91.2 Å². The van der Waals surface area contributed by atoms with Gasteiger partial charge in [-0.25, -0.2) is 8.42 Å². The molecule has 8 heteroatoms. The smallest absolute Gasteiger partial charge is 0.274 e. The van der Waals surface area contributed by atoms with Crippen LogP contribution >= 0.6 is 8.53 Å². The van der Waals surface area contributed by atoms with Crippen LogP contribution in [0.15, 0.2) is 53.4 Å². The highest BCUT2D eigenvalue weighted by Crippen LogP contribution is 2.55. The molecule has 2 fully saturated rings. The molecule has 2 saturated carbocycles. The second-order valence-electron chi connectivity index (χ2n) is 13.7. The molecule has 0 radical (unpaired) electrons. The fourth-order valence-corrected chi connectivity index (χ4v) is 10.4. The molecule has 2 aliphatic carbocycles. The predicted octanol–water partition coefficient (Wildman–Crippen LogP) is 8.95. The number of rotatable bonds is 11. The van der Waals surface area contributed by atoms with E-state index in [-0.39, 0.29) is 23.6 Å². The van der Waals surface area contributed by atoms with Gasteiger partial charge in [0.1, 0.15) is 0 Å². The van der Waals surface area contributed by atoms with Crippen LogP contribution < -0.4 is 5.73 Å². The Morgan fingerprint density at radius 3 is 1.81 bits per heavy atom. The molecular weight excluding hydrogens is 563 g/mol. The van der Waals surface area contributed by atoms with Gasteiger partial charge in [0.15, 0.2) is 0 Å². The summed E-state index contributed by atoms with van der Waals surface area (Å²) in [6, 6.07) is 14.6. The van der Waals surface area contributed by atoms with Crippen molar-refractivity contribution < 1.29 is 17.5 Å². The minimum Gasteiger partial charge on any atom is -0.398 e. The third kappa shape index (κ3) is 8.15. The average molecular weight is 617 g/mol. The molecule has 0 unspecified atom stereocenters. The maximum Gasteiger partial charge on any atom is 0.274 e. The summed E-state index contributed by atoms with van der Waals surface area (Å²) in [6.07, 6.45) is 6.18. The Morgan fingerprint density at radius 1 is 0.833 bits per heavy atom. The van der Waals surface area contributed by atoms with E-state index < -0.39 is 18.5 Å². The summed E-state index contributed by atoms with van der Waals surface area (Å²) >= 11 is 0. The van der Waals surface area contributed by atoms with Gasteiger partial charge in [-0.2, -0.15) is 0 Å². The van der Waals surface area contributed by atoms with Crippen molar-refractivity contribution in [3.05, 3.63) is 59.7 Å². The van der Waals surface area contributed by atoms with E-state index in [0.717, 1.165) is 36.8 Å². The second kappa shape index (κ2) is 14.5. The highest BCUT2D eigenvalue weighted by Gasteiger charge is 2.43. The third-order valence-electron chi connectivity index (χ3n) is 9.51. The van der Waals surface area contributed by atoms with E-state index in [1.807, 2.05) is 43.3 Å². The zero-order valence-electron chi connectivity index (χ0n) is 26.7. The molecule has 2 aromatic rings. The van der Waals surface area contributed by atoms with Crippen LogP contribution in [0.2, 0.25) is 0 Å². The standard InChI is InChI=1S/C34H53N2O4PS/c1-23(2)30-18-14-26(6)20-33(30)39-41(40-34-21-27(7)15-19-31(34)24(3)4)36(22-28-10-8-9-11-32(28)35)42(37,38)29-16-12-25(5)13-17-29/h8-13,16-17,23-24,26-27,30-31,33-34H,14-15,18-22,35H2,1-7H3/t26-,27-,30+,31+,33-,34-/m1/s1. The van der Waals surface area contributed by atoms with E-state index in [2.05, 4.69) is 41.5 Å². The molecule has 6 atom stereocenters. The lowest BCUT2D eigenvalue weighted by molar-refractivity contribution is 0.00329. The van der Waals surface area contributed by atoms with E-state index >= 15 is 0 Å². The van der Waals surface area contributed by atoms with Crippen LogP contribution in [0.4, 0.5) is 5.69 Å². The Balaban J connectivity index is 1.81. The lowest BCUT2D eigenvalue weighted by atomic mass is 9.75. The van der Waals surface area contributed by atoms with Gasteiger partial charge in [0, 0.05) is 12.2 Å². The van der Waals surface area contributed by atoms with Crippen molar-refractivity contribution in [2.24, 2.45) is 35.5 Å². The van der Waals surface area contributed by atoms with Crippen molar-refractivity contribution in [2.45, 2.75) is 111 Å². The zero-order chi connectivity index (χ0) is 30.6. The first-order valence-electron chi connectivity index (χ1n) is 15.9. The Labute approximate surface area is 256 Å². The summed E-state index contributed by atoms with van der Waals surface area (Å²) in [7, 11) is -5.96. The lowest BCUT2D eigenvalue weighted by Crippen LogP contribution is -2.39. The summed E-state index contributed by atoms with van der Waals surface area (Å²) in [6.45, 7) is 15.6. The second-order valence-corrected chi connectivity index (χ2v) is 17.2. The van der Waals surface area contributed by atoms with E-state index in [1.54, 1.807) is 12.1 Å². The molecule has 0 aliphatic heterocycles. The van der Waals surface area contributed by atoms with Crippen molar-refractivity contribution in [3.8, 4) is 0 Å². The van der Waals surface area contributed by atoms with Crippen LogP contribution in [0.5, 0.6) is 0 Å². The molecule has 0 bridgehead atoms. The molecule has 2 aliphatic rings. The fourth-order valence-electron chi connectivity index (χ4n) is 6.72. The first kappa shape index (κ1) is 33.4. The van der Waals surface area contributed by atoms with Gasteiger partial charge in [-0.3, -0.25) is 0 Å². The van der Waals surface area contributed by atoms with Crippen molar-refractivity contribution in [1.82, 2.24) is 4.08 Å². The molecule has 0 amide bonds. The molecule has 2 N–H and O–H groups in total. The third-order valence-corrected chi connectivity index (χ3v) is 13.5. The fraction of sp³-hybridized carbons (Fsp3) is 0.647. The van der Waals surface area contributed by atoms with Crippen LogP contribution in [-0.2, 0) is 25.6 Å². The number of nitrogens with zero attached hydrogens (tertiary/aromatic N) is 1. The van der Waals surface area contributed by atoms with Gasteiger partial charge in [-0.15, -0.1) is 4.08 Å². The number of para-hydroxylation sites is 1. The average Bonchev–Trinajstić information content (AvgIpc) is 2.92. The summed E-state index contributed by atoms with van der Waals surface area (Å²) in [4.78, 5) is 0.247. The Kier molecular flexibility index (Phi) is 11.5. The van der Waals surface area contributed by atoms with Gasteiger partial charge in [0.05, 0.1) is 17.1 Å². The maximum absolute atomic E-state index is 14.6. The van der Waals surface area contributed by atoms with Crippen molar-refractivity contribution in [3.63, 3.8) is 0 Å². The van der Waals surface area contributed by atoms with Crippen molar-refractivity contribution in [2.75, 3.05) is 5.73 Å². The Bertz CT molecular complexity index is 1220. The highest BCUT2D eigenvalue weighted by atomic mass is 32.2. The van der Waals surface area contributed by atoms with E-state index in [9.17, 15) is 8.42 Å². The minimum absolute atomic E-state index is 0.0674. The quantitative estimate of drug-likeness (QED) is 0.201. The lowest BCUT2D eigenvalue weighted by Gasteiger charge is -2.43. The number of aryl methyl sites for hydroxylation is 1. The largest absolute Gasteiger partial charge is 0.398 e. The molecule has 6 nitrogen and oxygen atoms in total. The first-order chi connectivity index (χ1) is 19.9. The monoisotopic (exact) mass is 616 g/mol. The Hall–Kier alpha value is -1.50. The SMILES string of the molecule is Cc1ccc(S(=O)(=O)N(Cc2ccccc2N)P(O[C@@H]2C[C@H](C)CC[C@H]2C(C)C)O[C@@H]2C[C@H](C)CC[C@H]2C(C)C)cc1. The number of hydrogen-bond acceptors (Lipinski definition) is 5. The van der Waals surface area contributed by atoms with Gasteiger partial charge < -0.3 is 14.8 Å². The summed E-state index contributed by atoms with van der Waals surface area (Å²) < 4.78 is 44.8. The topological polar surface area (TPSA) is 81.9 Å². The van der Waals surface area contributed by atoms with E-state index in [4.69, 9.17) is 14.8 Å². The van der Waals surface area contributed by atoms with Gasteiger partial charge in [-0.1, -0.05) is 90.3 Å². The van der Waals surface area contributed by atoms with Gasteiger partial charge >= 0.3 is 0 Å². The van der Waals surface area contributed by atoms with Crippen molar-refractivity contribution in [1.29, 1.82) is 0 Å². The maximum atomic E-state index is 14.6. The summed E-state index contributed by atoms with van der Waals surface area (Å²) in [5.41, 5.74) is 8.73. The van der Waals surface area contributed by atoms with Gasteiger partial charge in [-0.05, 0) is 91.9 Å². The van der Waals surface area contributed by atoms with Crippen LogP contribution in [-0.4, -0.2) is 24.7 Å². The van der Waals surface area contributed by atoms with Gasteiger partial charge in [0.25, 0.3) is 8.53 Å². The normalized spacial score (nSPS) is 27.3. The molecule has 0 saturated heterocycles. The number of hydrogen-bond donors (Lipinski definition) is 1. The van der Waals surface area contributed by atoms with Gasteiger partial charge in [0.2, 0.25) is 10.0 Å². The van der Waals surface area contributed by atoms with Crippen LogP contribution in [0.25, 0.3) is 0 Å². The first-order valence-corrected chi connectivity index (χ1v) is 18.5. The van der Waals surface area contributed by atoms with Crippen molar-refractivity contribution >= 4 is 24.2 Å². The minimum atomic E-state index is -3.98. The molecule has 0 aromatic heterocycles. The van der Waals surface area contributed by atoms with E-state index in [0.29, 0.717) is 41.2 Å². The molecule has 2 aromatic carbocycles. The number of nitrogens with two attached hydrogens (primary N) is 1. The molecule has 4 rings (SSSR count). The molecule has 234 valence electrons. The number of anilines is 1. The molecule has 42 heavy (non-hydrogen) atoms. The predicted molar refractivity (Wildman–Crippen MR) is 174 cm³/mol. The highest BCUT2D eigenvalue weighted by molar-refractivity contribution is 7.93. The zero-order valence-corrected chi connectivity index (χ0v) is 28.4. The summed E-state index contributed by atoms with van der Waals surface area (Å²) in [5, 5.41) is 0. The molecular formula is C34H53N2O4PS. The van der Waals surface area contributed by atoms with Crippen LogP contribution in [0, 0.1) is 42.4 Å². The molecule has 0 heterocycles. The van der Waals surface area contributed by atoms with E-state index in [1.165, 1.54) is 16.9 Å². The van der Waals surface area contributed by atoms with Crippen LogP contribution in [0.3, 0.4) is 0 Å².